The number of hydrogen-bond donors (Lipinski definition) is 0. The highest BCUT2D eigenvalue weighted by atomic mass is 31.2. The van der Waals surface area contributed by atoms with Crippen LogP contribution in [0.2, 0.25) is 0 Å². The van der Waals surface area contributed by atoms with E-state index in [2.05, 4.69) is 0 Å². The molecule has 0 aromatic heterocycles. The van der Waals surface area contributed by atoms with Gasteiger partial charge in [-0.05, 0) is 24.3 Å². The number of hydrogen-bond acceptors (Lipinski definition) is 4. The topological polar surface area (TPSA) is 59.3 Å². The second kappa shape index (κ2) is 6.08. The van der Waals surface area contributed by atoms with Gasteiger partial charge in [0, 0.05) is 0 Å². The van der Waals surface area contributed by atoms with Crippen LogP contribution in [-0.2, 0) is 4.57 Å². The Labute approximate surface area is 111 Å². The molecule has 2 aromatic carbocycles. The van der Waals surface area contributed by atoms with Gasteiger partial charge in [-0.2, -0.15) is 5.26 Å². The maximum absolute atomic E-state index is 12.5. The van der Waals surface area contributed by atoms with Gasteiger partial charge in [0.2, 0.25) is 0 Å². The van der Waals surface area contributed by atoms with Crippen molar-refractivity contribution in [1.82, 2.24) is 0 Å². The third kappa shape index (κ3) is 3.87. The fourth-order valence-corrected chi connectivity index (χ4v) is 2.68. The molecule has 0 atom stereocenters. The zero-order chi connectivity index (χ0) is 13.6. The molecule has 0 aliphatic carbocycles. The fraction of sp³-hybridized carbons (Fsp3) is 0.0714. The minimum absolute atomic E-state index is 0.309. The third-order valence-electron chi connectivity index (χ3n) is 2.24. The lowest BCUT2D eigenvalue weighted by molar-refractivity contribution is 0.390. The lowest BCUT2D eigenvalue weighted by Crippen LogP contribution is -2.04. The molecule has 2 aromatic rings. The van der Waals surface area contributed by atoms with Crippen molar-refractivity contribution in [3.8, 4) is 17.6 Å². The van der Waals surface area contributed by atoms with Crippen molar-refractivity contribution in [2.24, 2.45) is 0 Å². The van der Waals surface area contributed by atoms with Gasteiger partial charge in [0.25, 0.3) is 0 Å². The Hall–Kier alpha value is -2.24. The first-order chi connectivity index (χ1) is 9.22. The Morgan fingerprint density at radius 1 is 0.895 bits per heavy atom. The van der Waals surface area contributed by atoms with E-state index >= 15 is 0 Å². The predicted molar refractivity (Wildman–Crippen MR) is 72.2 cm³/mol. The molecule has 0 aliphatic heterocycles. The van der Waals surface area contributed by atoms with Crippen LogP contribution in [0.3, 0.4) is 0 Å². The van der Waals surface area contributed by atoms with Crippen molar-refractivity contribution in [3.05, 3.63) is 60.7 Å². The third-order valence-corrected chi connectivity index (χ3v) is 3.75. The number of nitrogens with zero attached hydrogens (tertiary/aromatic N) is 1. The van der Waals surface area contributed by atoms with Crippen molar-refractivity contribution in [1.29, 1.82) is 5.26 Å². The Bertz CT molecular complexity index is 562. The molecule has 0 radical (unpaired) electrons. The summed E-state index contributed by atoms with van der Waals surface area (Å²) in [5.41, 5.74) is 0. The molecule has 0 unspecified atom stereocenters. The molecule has 0 spiro atoms. The minimum Gasteiger partial charge on any atom is -0.415 e. The molecular formula is C14H12NO3P. The van der Waals surface area contributed by atoms with Crippen LogP contribution in [0, 0.1) is 11.3 Å². The lowest BCUT2D eigenvalue weighted by Gasteiger charge is -2.17. The smallest absolute Gasteiger partial charge is 0.415 e. The standard InChI is InChI=1S/C14H12NO3P/c15-11-12-19(16,17-13-7-3-1-4-8-13)18-14-9-5-2-6-10-14/h1-10H,12H2. The average molecular weight is 273 g/mol. The summed E-state index contributed by atoms with van der Waals surface area (Å²) in [6.45, 7) is 0. The van der Waals surface area contributed by atoms with E-state index in [1.54, 1.807) is 48.5 Å². The molecule has 2 rings (SSSR count). The lowest BCUT2D eigenvalue weighted by atomic mass is 10.3. The van der Waals surface area contributed by atoms with Gasteiger partial charge in [-0.1, -0.05) is 36.4 Å². The molecule has 0 saturated carbocycles. The quantitative estimate of drug-likeness (QED) is 0.776. The molecular weight excluding hydrogens is 261 g/mol. The van der Waals surface area contributed by atoms with Gasteiger partial charge in [-0.25, -0.2) is 4.57 Å². The number of rotatable bonds is 5. The normalized spacial score (nSPS) is 10.5. The van der Waals surface area contributed by atoms with E-state index in [0.717, 1.165) is 0 Å². The maximum atomic E-state index is 12.5. The van der Waals surface area contributed by atoms with E-state index in [9.17, 15) is 4.57 Å². The van der Waals surface area contributed by atoms with E-state index < -0.39 is 7.60 Å². The SMILES string of the molecule is N#CCP(=O)(Oc1ccccc1)Oc1ccccc1. The molecule has 0 amide bonds. The highest BCUT2D eigenvalue weighted by Crippen LogP contribution is 2.47. The second-order valence-corrected chi connectivity index (χ2v) is 5.64. The van der Waals surface area contributed by atoms with Crippen LogP contribution in [0.4, 0.5) is 0 Å². The van der Waals surface area contributed by atoms with Gasteiger partial charge >= 0.3 is 7.60 Å². The van der Waals surface area contributed by atoms with Crippen molar-refractivity contribution in [2.45, 2.75) is 0 Å². The monoisotopic (exact) mass is 273 g/mol. The van der Waals surface area contributed by atoms with Crippen molar-refractivity contribution >= 4 is 7.60 Å². The molecule has 0 fully saturated rings. The van der Waals surface area contributed by atoms with E-state index in [1.165, 1.54) is 0 Å². The van der Waals surface area contributed by atoms with Crippen molar-refractivity contribution in [2.75, 3.05) is 6.16 Å². The predicted octanol–water partition coefficient (Wildman–Crippen LogP) is 3.86. The maximum Gasteiger partial charge on any atom is 0.444 e. The van der Waals surface area contributed by atoms with Gasteiger partial charge in [0.1, 0.15) is 11.5 Å². The molecule has 96 valence electrons. The van der Waals surface area contributed by atoms with Crippen molar-refractivity contribution < 1.29 is 13.6 Å². The van der Waals surface area contributed by atoms with Crippen LogP contribution in [0.5, 0.6) is 11.5 Å². The van der Waals surface area contributed by atoms with Crippen LogP contribution in [-0.4, -0.2) is 6.16 Å². The van der Waals surface area contributed by atoms with Gasteiger partial charge in [0.05, 0.1) is 6.07 Å². The van der Waals surface area contributed by atoms with E-state index in [4.69, 9.17) is 14.3 Å². The molecule has 19 heavy (non-hydrogen) atoms. The summed E-state index contributed by atoms with van der Waals surface area (Å²) in [6.07, 6.45) is -0.309. The second-order valence-electron chi connectivity index (χ2n) is 3.74. The highest BCUT2D eigenvalue weighted by Gasteiger charge is 2.27. The van der Waals surface area contributed by atoms with Crippen LogP contribution in [0.15, 0.2) is 60.7 Å². The van der Waals surface area contributed by atoms with E-state index in [0.29, 0.717) is 11.5 Å². The Morgan fingerprint density at radius 3 is 1.68 bits per heavy atom. The summed E-state index contributed by atoms with van der Waals surface area (Å²) >= 11 is 0. The van der Waals surface area contributed by atoms with Crippen LogP contribution >= 0.6 is 7.60 Å². The number of para-hydroxylation sites is 2. The average Bonchev–Trinajstić information content (AvgIpc) is 2.41. The number of nitriles is 1. The minimum atomic E-state index is -3.52. The zero-order valence-corrected chi connectivity index (χ0v) is 11.0. The first kappa shape index (κ1) is 13.2. The van der Waals surface area contributed by atoms with Crippen LogP contribution < -0.4 is 9.05 Å². The summed E-state index contributed by atoms with van der Waals surface area (Å²) < 4.78 is 23.2. The summed E-state index contributed by atoms with van der Waals surface area (Å²) in [7, 11) is -3.52. The molecule has 0 bridgehead atoms. The Kier molecular flexibility index (Phi) is 4.22. The molecule has 0 N–H and O–H groups in total. The molecule has 0 saturated heterocycles. The van der Waals surface area contributed by atoms with E-state index in [1.807, 2.05) is 18.2 Å². The van der Waals surface area contributed by atoms with Crippen molar-refractivity contribution in [3.63, 3.8) is 0 Å². The Balaban J connectivity index is 2.19. The van der Waals surface area contributed by atoms with Gasteiger partial charge in [0.15, 0.2) is 6.16 Å². The van der Waals surface area contributed by atoms with Gasteiger partial charge in [-0.3, -0.25) is 0 Å². The summed E-state index contributed by atoms with van der Waals surface area (Å²) in [4.78, 5) is 0. The van der Waals surface area contributed by atoms with Crippen LogP contribution in [0.25, 0.3) is 0 Å². The fourth-order valence-electron chi connectivity index (χ4n) is 1.45. The molecule has 0 aliphatic rings. The number of benzene rings is 2. The summed E-state index contributed by atoms with van der Waals surface area (Å²) in [5, 5.41) is 8.78. The molecule has 4 nitrogen and oxygen atoms in total. The van der Waals surface area contributed by atoms with Gasteiger partial charge < -0.3 is 9.05 Å². The molecule has 0 heterocycles. The van der Waals surface area contributed by atoms with Gasteiger partial charge in [-0.15, -0.1) is 0 Å². The van der Waals surface area contributed by atoms with Crippen LogP contribution in [0.1, 0.15) is 0 Å². The highest BCUT2D eigenvalue weighted by molar-refractivity contribution is 7.55. The first-order valence-electron chi connectivity index (χ1n) is 5.67. The summed E-state index contributed by atoms with van der Waals surface area (Å²) in [6, 6.07) is 19.2. The summed E-state index contributed by atoms with van der Waals surface area (Å²) in [5.74, 6) is 0.828. The molecule has 5 heteroatoms. The Morgan fingerprint density at radius 2 is 1.32 bits per heavy atom. The van der Waals surface area contributed by atoms with E-state index in [-0.39, 0.29) is 6.16 Å². The largest absolute Gasteiger partial charge is 0.444 e. The zero-order valence-electron chi connectivity index (χ0n) is 10.1. The first-order valence-corrected chi connectivity index (χ1v) is 7.40.